The molecule has 0 unspecified atom stereocenters. The quantitative estimate of drug-likeness (QED) is 0.495. The van der Waals surface area contributed by atoms with Crippen molar-refractivity contribution < 1.29 is 14.3 Å². The van der Waals surface area contributed by atoms with Gasteiger partial charge in [-0.25, -0.2) is 0 Å². The highest BCUT2D eigenvalue weighted by atomic mass is 16.5. The molecule has 4 heteroatoms. The van der Waals surface area contributed by atoms with Crippen LogP contribution >= 0.6 is 0 Å². The molecule has 0 saturated heterocycles. The lowest BCUT2D eigenvalue weighted by Crippen LogP contribution is -2.19. The van der Waals surface area contributed by atoms with Crippen LogP contribution in [0.4, 0.5) is 0 Å². The van der Waals surface area contributed by atoms with Crippen LogP contribution in [0.15, 0.2) is 37.0 Å². The second-order valence-electron chi connectivity index (χ2n) is 2.82. The predicted molar refractivity (Wildman–Crippen MR) is 70.7 cm³/mol. The Bertz CT molecular complexity index is 247. The van der Waals surface area contributed by atoms with Gasteiger partial charge in [-0.15, -0.1) is 0 Å². The third-order valence-corrected chi connectivity index (χ3v) is 1.37. The Labute approximate surface area is 104 Å². The minimum atomic E-state index is -0.478. The molecule has 0 aliphatic rings. The number of nitrogens with two attached hydrogens (primary N) is 1. The van der Waals surface area contributed by atoms with Crippen molar-refractivity contribution in [2.45, 2.75) is 13.8 Å². The van der Waals surface area contributed by atoms with Crippen molar-refractivity contribution in [3.05, 3.63) is 37.0 Å². The van der Waals surface area contributed by atoms with Crippen molar-refractivity contribution in [2.24, 2.45) is 5.73 Å². The number of ether oxygens (including phenoxy) is 2. The first-order valence-electron chi connectivity index (χ1n) is 5.57. The average Bonchev–Trinajstić information content (AvgIpc) is 2.33. The summed E-state index contributed by atoms with van der Waals surface area (Å²) in [4.78, 5) is 10.3. The molecule has 0 saturated carbocycles. The van der Waals surface area contributed by atoms with Crippen molar-refractivity contribution in [2.75, 3.05) is 26.4 Å². The molecule has 1 amide bonds. The Balaban J connectivity index is 0. The van der Waals surface area contributed by atoms with E-state index in [4.69, 9.17) is 15.2 Å². The van der Waals surface area contributed by atoms with Gasteiger partial charge in [-0.1, -0.05) is 45.2 Å². The van der Waals surface area contributed by atoms with Gasteiger partial charge < -0.3 is 15.2 Å². The van der Waals surface area contributed by atoms with E-state index < -0.39 is 5.91 Å². The van der Waals surface area contributed by atoms with Crippen LogP contribution in [0.5, 0.6) is 0 Å². The molecule has 0 aliphatic heterocycles. The lowest BCUT2D eigenvalue weighted by molar-refractivity contribution is -0.122. The van der Waals surface area contributed by atoms with Crippen LogP contribution in [0.2, 0.25) is 0 Å². The fraction of sp³-hybridized carbons (Fsp3) is 0.462. The third kappa shape index (κ3) is 17.2. The second-order valence-corrected chi connectivity index (χ2v) is 2.82. The fourth-order valence-electron chi connectivity index (χ4n) is 0.746. The number of carbonyl (C=O) groups is 1. The van der Waals surface area contributed by atoms with Crippen LogP contribution in [0, 0.1) is 0 Å². The molecule has 0 aromatic carbocycles. The van der Waals surface area contributed by atoms with Gasteiger partial charge in [0.15, 0.2) is 0 Å². The molecule has 0 aromatic heterocycles. The normalized spacial score (nSPS) is 9.53. The van der Waals surface area contributed by atoms with Crippen LogP contribution in [0.3, 0.4) is 0 Å². The molecule has 17 heavy (non-hydrogen) atoms. The zero-order valence-electron chi connectivity index (χ0n) is 10.8. The number of allylic oxidation sites excluding steroid dienone is 2. The van der Waals surface area contributed by atoms with Gasteiger partial charge in [-0.05, 0) is 5.57 Å². The molecule has 98 valence electrons. The van der Waals surface area contributed by atoms with Gasteiger partial charge in [0.1, 0.15) is 6.61 Å². The summed E-state index contributed by atoms with van der Waals surface area (Å²) in [5.41, 5.74) is 5.72. The van der Waals surface area contributed by atoms with Crippen LogP contribution in [0.1, 0.15) is 13.8 Å². The van der Waals surface area contributed by atoms with E-state index in [0.29, 0.717) is 19.8 Å². The van der Waals surface area contributed by atoms with Crippen LogP contribution in [-0.2, 0) is 14.3 Å². The van der Waals surface area contributed by atoms with Crippen molar-refractivity contribution in [1.29, 1.82) is 0 Å². The highest BCUT2D eigenvalue weighted by Gasteiger charge is 1.94. The highest BCUT2D eigenvalue weighted by Crippen LogP contribution is 1.94. The molecule has 0 spiro atoms. The first-order chi connectivity index (χ1) is 8.16. The van der Waals surface area contributed by atoms with E-state index in [-0.39, 0.29) is 6.61 Å². The Morgan fingerprint density at radius 3 is 2.24 bits per heavy atom. The topological polar surface area (TPSA) is 61.6 Å². The number of hydrogen-bond donors (Lipinski definition) is 1. The van der Waals surface area contributed by atoms with Gasteiger partial charge >= 0.3 is 0 Å². The molecule has 0 aliphatic carbocycles. The lowest BCUT2D eigenvalue weighted by atomic mass is 10.3. The van der Waals surface area contributed by atoms with Gasteiger partial charge in [0.2, 0.25) is 5.91 Å². The van der Waals surface area contributed by atoms with Gasteiger partial charge in [-0.2, -0.15) is 0 Å². The maximum atomic E-state index is 10.3. The van der Waals surface area contributed by atoms with Gasteiger partial charge in [-0.3, -0.25) is 4.79 Å². The van der Waals surface area contributed by atoms with Crippen molar-refractivity contribution in [3.8, 4) is 0 Å². The molecule has 0 radical (unpaired) electrons. The van der Waals surface area contributed by atoms with E-state index in [0.717, 1.165) is 5.57 Å². The second kappa shape index (κ2) is 14.6. The predicted octanol–water partition coefficient (Wildman–Crippen LogP) is 1.83. The highest BCUT2D eigenvalue weighted by molar-refractivity contribution is 5.74. The van der Waals surface area contributed by atoms with Crippen LogP contribution in [-0.4, -0.2) is 32.3 Å². The lowest BCUT2D eigenvalue weighted by Gasteiger charge is -2.04. The molecule has 0 heterocycles. The Hall–Kier alpha value is -1.39. The van der Waals surface area contributed by atoms with Gasteiger partial charge in [0.05, 0.1) is 19.8 Å². The third-order valence-electron chi connectivity index (χ3n) is 1.37. The number of amides is 1. The SMILES string of the molecule is C=C/C=C\C(=C)COCCOCC(N)=O.CC. The van der Waals surface area contributed by atoms with E-state index >= 15 is 0 Å². The smallest absolute Gasteiger partial charge is 0.243 e. The summed E-state index contributed by atoms with van der Waals surface area (Å²) in [5.74, 6) is -0.478. The zero-order chi connectivity index (χ0) is 13.5. The zero-order valence-corrected chi connectivity index (χ0v) is 10.8. The molecule has 0 bridgehead atoms. The summed E-state index contributed by atoms with van der Waals surface area (Å²) in [7, 11) is 0. The van der Waals surface area contributed by atoms with Crippen LogP contribution < -0.4 is 5.73 Å². The van der Waals surface area contributed by atoms with Gasteiger partial charge in [0, 0.05) is 0 Å². The van der Waals surface area contributed by atoms with Crippen molar-refractivity contribution in [3.63, 3.8) is 0 Å². The molecule has 0 aromatic rings. The van der Waals surface area contributed by atoms with E-state index in [1.54, 1.807) is 12.2 Å². The standard InChI is InChI=1S/C11H17NO3.C2H6/c1-3-4-5-10(2)8-14-6-7-15-9-11(12)13;1-2/h3-5H,1-2,6-9H2,(H2,12,13);1-2H3/b5-4-;. The molecular weight excluding hydrogens is 218 g/mol. The van der Waals surface area contributed by atoms with Crippen molar-refractivity contribution in [1.82, 2.24) is 0 Å². The monoisotopic (exact) mass is 241 g/mol. The fourth-order valence-corrected chi connectivity index (χ4v) is 0.746. The Kier molecular flexibility index (Phi) is 15.5. The molecule has 2 N–H and O–H groups in total. The summed E-state index contributed by atoms with van der Waals surface area (Å²) < 4.78 is 10.1. The first kappa shape index (κ1) is 18.0. The molecule has 0 atom stereocenters. The minimum absolute atomic E-state index is 0.0688. The first-order valence-corrected chi connectivity index (χ1v) is 5.57. The summed E-state index contributed by atoms with van der Waals surface area (Å²) in [6.45, 7) is 12.4. The van der Waals surface area contributed by atoms with E-state index in [1.165, 1.54) is 0 Å². The van der Waals surface area contributed by atoms with Crippen LogP contribution in [0.25, 0.3) is 0 Å². The number of carbonyl (C=O) groups excluding carboxylic acids is 1. The summed E-state index contributed by atoms with van der Waals surface area (Å²) in [5, 5.41) is 0. The van der Waals surface area contributed by atoms with Crippen molar-refractivity contribution >= 4 is 5.91 Å². The summed E-state index contributed by atoms with van der Waals surface area (Å²) in [6, 6.07) is 0. The summed E-state index contributed by atoms with van der Waals surface area (Å²) in [6.07, 6.45) is 5.27. The number of rotatable bonds is 9. The van der Waals surface area contributed by atoms with E-state index in [2.05, 4.69) is 13.2 Å². The molecule has 4 nitrogen and oxygen atoms in total. The maximum Gasteiger partial charge on any atom is 0.243 e. The van der Waals surface area contributed by atoms with E-state index in [1.807, 2.05) is 19.9 Å². The molecule has 0 rings (SSSR count). The summed E-state index contributed by atoms with van der Waals surface area (Å²) >= 11 is 0. The van der Waals surface area contributed by atoms with E-state index in [9.17, 15) is 4.79 Å². The maximum absolute atomic E-state index is 10.3. The minimum Gasteiger partial charge on any atom is -0.374 e. The van der Waals surface area contributed by atoms with Gasteiger partial charge in [0.25, 0.3) is 0 Å². The number of hydrogen-bond acceptors (Lipinski definition) is 3. The number of primary amides is 1. The molecule has 0 fully saturated rings. The Morgan fingerprint density at radius 1 is 1.24 bits per heavy atom. The Morgan fingerprint density at radius 2 is 1.76 bits per heavy atom. The largest absolute Gasteiger partial charge is 0.374 e. The average molecular weight is 241 g/mol. The molecular formula is C13H23NO3.